The van der Waals surface area contributed by atoms with E-state index in [-0.39, 0.29) is 25.1 Å². The minimum Gasteiger partial charge on any atom is -0.388 e. The van der Waals surface area contributed by atoms with E-state index < -0.39 is 0 Å². The largest absolute Gasteiger partial charge is 0.388 e. The molecule has 0 aliphatic carbocycles. The van der Waals surface area contributed by atoms with E-state index in [1.54, 1.807) is 17.0 Å². The van der Waals surface area contributed by atoms with Crippen molar-refractivity contribution in [2.75, 3.05) is 0 Å². The Bertz CT molecular complexity index is 322. The minimum absolute atomic E-state index is 0.0583. The van der Waals surface area contributed by atoms with Crippen molar-refractivity contribution in [1.29, 1.82) is 0 Å². The average Bonchev–Trinajstić information content (AvgIpc) is 2.64. The van der Waals surface area contributed by atoms with Crippen LogP contribution >= 0.6 is 0 Å². The lowest BCUT2D eigenvalue weighted by molar-refractivity contribution is -0.122. The van der Waals surface area contributed by atoms with Gasteiger partial charge in [0, 0.05) is 18.4 Å². The SMILES string of the molecule is CCC(C)NC(=O)Cn1ccnc1CO. The van der Waals surface area contributed by atoms with Crippen LogP contribution in [0, 0.1) is 0 Å². The molecule has 0 saturated heterocycles. The predicted molar refractivity (Wildman–Crippen MR) is 56.0 cm³/mol. The fourth-order valence-electron chi connectivity index (χ4n) is 1.21. The highest BCUT2D eigenvalue weighted by Crippen LogP contribution is 1.97. The van der Waals surface area contributed by atoms with Gasteiger partial charge in [-0.05, 0) is 13.3 Å². The Morgan fingerprint density at radius 2 is 2.47 bits per heavy atom. The summed E-state index contributed by atoms with van der Waals surface area (Å²) in [5.41, 5.74) is 0. The van der Waals surface area contributed by atoms with Crippen molar-refractivity contribution < 1.29 is 9.90 Å². The first-order chi connectivity index (χ1) is 7.17. The summed E-state index contributed by atoms with van der Waals surface area (Å²) in [4.78, 5) is 15.4. The highest BCUT2D eigenvalue weighted by atomic mass is 16.3. The molecule has 0 saturated carbocycles. The molecule has 0 aliphatic rings. The number of hydrogen-bond acceptors (Lipinski definition) is 3. The number of amides is 1. The summed E-state index contributed by atoms with van der Waals surface area (Å²) in [6, 6.07) is 0.179. The smallest absolute Gasteiger partial charge is 0.240 e. The number of carbonyl (C=O) groups excluding carboxylic acids is 1. The molecular weight excluding hydrogens is 194 g/mol. The van der Waals surface area contributed by atoms with Crippen LogP contribution in [0.15, 0.2) is 12.4 Å². The summed E-state index contributed by atoms with van der Waals surface area (Å²) < 4.78 is 1.64. The van der Waals surface area contributed by atoms with Crippen molar-refractivity contribution >= 4 is 5.91 Å². The first-order valence-corrected chi connectivity index (χ1v) is 5.07. The van der Waals surface area contributed by atoms with Crippen LogP contribution in [0.5, 0.6) is 0 Å². The summed E-state index contributed by atoms with van der Waals surface area (Å²) in [5.74, 6) is 0.450. The number of aliphatic hydroxyl groups is 1. The Hall–Kier alpha value is -1.36. The Labute approximate surface area is 89.1 Å². The number of imidazole rings is 1. The van der Waals surface area contributed by atoms with E-state index >= 15 is 0 Å². The molecule has 0 aliphatic heterocycles. The summed E-state index contributed by atoms with van der Waals surface area (Å²) >= 11 is 0. The van der Waals surface area contributed by atoms with Crippen LogP contribution in [0.3, 0.4) is 0 Å². The van der Waals surface area contributed by atoms with Gasteiger partial charge in [0.2, 0.25) is 5.91 Å². The lowest BCUT2D eigenvalue weighted by Gasteiger charge is -2.12. The normalized spacial score (nSPS) is 12.5. The van der Waals surface area contributed by atoms with Gasteiger partial charge in [-0.1, -0.05) is 6.92 Å². The summed E-state index contributed by atoms with van der Waals surface area (Å²) in [5, 5.41) is 11.8. The van der Waals surface area contributed by atoms with Gasteiger partial charge in [-0.25, -0.2) is 4.98 Å². The maximum atomic E-state index is 11.5. The third-order valence-electron chi connectivity index (χ3n) is 2.28. The molecule has 84 valence electrons. The standard InChI is InChI=1S/C10H17N3O2/c1-3-8(2)12-10(15)6-13-5-4-11-9(13)7-14/h4-5,8,14H,3,6-7H2,1-2H3,(H,12,15). The monoisotopic (exact) mass is 211 g/mol. The molecule has 0 fully saturated rings. The van der Waals surface area contributed by atoms with Crippen LogP contribution in [0.25, 0.3) is 0 Å². The number of aromatic nitrogens is 2. The van der Waals surface area contributed by atoms with Crippen LogP contribution < -0.4 is 5.32 Å². The molecule has 0 radical (unpaired) electrons. The molecule has 0 spiro atoms. The Balaban J connectivity index is 2.51. The Kier molecular flexibility index (Phi) is 4.30. The van der Waals surface area contributed by atoms with Gasteiger partial charge in [0.1, 0.15) is 19.0 Å². The van der Waals surface area contributed by atoms with E-state index in [0.29, 0.717) is 5.82 Å². The van der Waals surface area contributed by atoms with Crippen molar-refractivity contribution in [3.63, 3.8) is 0 Å². The van der Waals surface area contributed by atoms with E-state index in [1.165, 1.54) is 0 Å². The first kappa shape index (κ1) is 11.7. The fourth-order valence-corrected chi connectivity index (χ4v) is 1.21. The lowest BCUT2D eigenvalue weighted by Crippen LogP contribution is -2.34. The molecule has 2 N–H and O–H groups in total. The van der Waals surface area contributed by atoms with Crippen molar-refractivity contribution in [3.05, 3.63) is 18.2 Å². The van der Waals surface area contributed by atoms with Gasteiger partial charge < -0.3 is 15.0 Å². The number of nitrogens with one attached hydrogen (secondary N) is 1. The Morgan fingerprint density at radius 3 is 3.07 bits per heavy atom. The molecular formula is C10H17N3O2. The molecule has 1 heterocycles. The van der Waals surface area contributed by atoms with Gasteiger partial charge >= 0.3 is 0 Å². The van der Waals surface area contributed by atoms with Crippen molar-refractivity contribution in [3.8, 4) is 0 Å². The van der Waals surface area contributed by atoms with Gasteiger partial charge in [0.05, 0.1) is 0 Å². The number of aliphatic hydroxyl groups excluding tert-OH is 1. The topological polar surface area (TPSA) is 67.2 Å². The number of nitrogens with zero attached hydrogens (tertiary/aromatic N) is 2. The molecule has 1 amide bonds. The molecule has 5 nitrogen and oxygen atoms in total. The van der Waals surface area contributed by atoms with Crippen molar-refractivity contribution in [1.82, 2.24) is 14.9 Å². The highest BCUT2D eigenvalue weighted by Gasteiger charge is 2.08. The van der Waals surface area contributed by atoms with Crippen LogP contribution in [-0.4, -0.2) is 26.6 Å². The van der Waals surface area contributed by atoms with Crippen LogP contribution in [0.1, 0.15) is 26.1 Å². The van der Waals surface area contributed by atoms with Crippen LogP contribution in [-0.2, 0) is 17.9 Å². The van der Waals surface area contributed by atoms with Gasteiger partial charge in [-0.15, -0.1) is 0 Å². The molecule has 0 bridgehead atoms. The van der Waals surface area contributed by atoms with E-state index in [9.17, 15) is 4.79 Å². The number of rotatable bonds is 5. The summed E-state index contributed by atoms with van der Waals surface area (Å²) in [6.45, 7) is 4.03. The molecule has 1 rings (SSSR count). The second-order valence-corrected chi connectivity index (χ2v) is 3.51. The zero-order chi connectivity index (χ0) is 11.3. The molecule has 1 unspecified atom stereocenters. The molecule has 1 aromatic rings. The minimum atomic E-state index is -0.149. The third-order valence-corrected chi connectivity index (χ3v) is 2.28. The second-order valence-electron chi connectivity index (χ2n) is 3.51. The van der Waals surface area contributed by atoms with Gasteiger partial charge in [-0.2, -0.15) is 0 Å². The van der Waals surface area contributed by atoms with E-state index in [4.69, 9.17) is 5.11 Å². The summed E-state index contributed by atoms with van der Waals surface area (Å²) in [7, 11) is 0. The predicted octanol–water partition coefficient (Wildman–Crippen LogP) is 0.290. The van der Waals surface area contributed by atoms with E-state index in [1.807, 2.05) is 13.8 Å². The number of hydrogen-bond donors (Lipinski definition) is 2. The van der Waals surface area contributed by atoms with Crippen molar-refractivity contribution in [2.45, 2.75) is 39.5 Å². The maximum Gasteiger partial charge on any atom is 0.240 e. The second kappa shape index (κ2) is 5.50. The summed E-state index contributed by atoms with van der Waals surface area (Å²) in [6.07, 6.45) is 4.16. The first-order valence-electron chi connectivity index (χ1n) is 5.07. The average molecular weight is 211 g/mol. The van der Waals surface area contributed by atoms with Gasteiger partial charge in [0.15, 0.2) is 0 Å². The van der Waals surface area contributed by atoms with Crippen LogP contribution in [0.4, 0.5) is 0 Å². The molecule has 0 aromatic carbocycles. The quantitative estimate of drug-likeness (QED) is 0.735. The van der Waals surface area contributed by atoms with E-state index in [2.05, 4.69) is 10.3 Å². The molecule has 15 heavy (non-hydrogen) atoms. The fraction of sp³-hybridized carbons (Fsp3) is 0.600. The third kappa shape index (κ3) is 3.36. The number of carbonyl (C=O) groups is 1. The zero-order valence-electron chi connectivity index (χ0n) is 9.10. The molecule has 1 atom stereocenters. The Morgan fingerprint density at radius 1 is 1.73 bits per heavy atom. The lowest BCUT2D eigenvalue weighted by atomic mass is 10.2. The van der Waals surface area contributed by atoms with Gasteiger partial charge in [0.25, 0.3) is 0 Å². The molecule has 1 aromatic heterocycles. The van der Waals surface area contributed by atoms with E-state index in [0.717, 1.165) is 6.42 Å². The van der Waals surface area contributed by atoms with Gasteiger partial charge in [-0.3, -0.25) is 4.79 Å². The van der Waals surface area contributed by atoms with Crippen molar-refractivity contribution in [2.24, 2.45) is 0 Å². The zero-order valence-corrected chi connectivity index (χ0v) is 9.10. The maximum absolute atomic E-state index is 11.5. The highest BCUT2D eigenvalue weighted by molar-refractivity contribution is 5.76. The van der Waals surface area contributed by atoms with Crippen LogP contribution in [0.2, 0.25) is 0 Å². The molecule has 5 heteroatoms.